The number of carbonyl (C=O) groups is 2. The molecule has 2 aromatic carbocycles. The standard InChI is InChI=1S/C32H34F4N4O4S/c1-43-24-11-10-21-28(45-31(38-21)40-12-3-13-44-23-5-2-4-22(23)40)26(24)30(42)39-27-17-7-6-16(14-17)25(27)29(41)37-18-8-9-20(33)19(15-18)32(34,35)36/h8-11,15-17,22-23,25,27H,2-7,12-14H2,1H3,(H,37,41)(H,39,42)/t16-,17+,22-,23-,25+,27-/m1/s1. The second-order valence-corrected chi connectivity index (χ2v) is 13.5. The SMILES string of the molecule is COc1ccc2nc(N3CCCO[C@@H]4CCC[C@H]43)sc2c1C(=O)N[C@@H]1[C@H]2CC[C@H](C2)[C@@H]1C(=O)Nc1ccc(F)c(C(F)(F)F)c1. The van der Waals surface area contributed by atoms with E-state index in [4.69, 9.17) is 14.5 Å². The van der Waals surface area contributed by atoms with Crippen LogP contribution in [0.15, 0.2) is 30.3 Å². The Morgan fingerprint density at radius 2 is 1.91 bits per heavy atom. The first-order valence-corrected chi connectivity index (χ1v) is 16.3. The van der Waals surface area contributed by atoms with Crippen LogP contribution < -0.4 is 20.3 Å². The number of hydrogen-bond donors (Lipinski definition) is 2. The zero-order chi connectivity index (χ0) is 31.5. The fourth-order valence-corrected chi connectivity index (χ4v) is 9.13. The molecule has 1 aliphatic heterocycles. The Labute approximate surface area is 261 Å². The Balaban J connectivity index is 1.16. The van der Waals surface area contributed by atoms with E-state index in [0.29, 0.717) is 40.3 Å². The van der Waals surface area contributed by atoms with E-state index in [0.717, 1.165) is 62.7 Å². The summed E-state index contributed by atoms with van der Waals surface area (Å²) in [4.78, 5) is 34.8. The summed E-state index contributed by atoms with van der Waals surface area (Å²) < 4.78 is 66.1. The molecule has 1 aromatic heterocycles. The molecule has 7 rings (SSSR count). The first kappa shape index (κ1) is 30.2. The Hall–Kier alpha value is -3.45. The predicted molar refractivity (Wildman–Crippen MR) is 161 cm³/mol. The third kappa shape index (κ3) is 5.51. The highest BCUT2D eigenvalue weighted by Gasteiger charge is 2.51. The van der Waals surface area contributed by atoms with Crippen molar-refractivity contribution in [3.63, 3.8) is 0 Å². The number of nitrogens with zero attached hydrogens (tertiary/aromatic N) is 2. The third-order valence-electron chi connectivity index (χ3n) is 9.95. The lowest BCUT2D eigenvalue weighted by molar-refractivity contribution is -0.140. The monoisotopic (exact) mass is 646 g/mol. The normalized spacial score (nSPS) is 27.8. The lowest BCUT2D eigenvalue weighted by Crippen LogP contribution is -2.48. The first-order valence-electron chi connectivity index (χ1n) is 15.5. The molecule has 2 amide bonds. The number of ether oxygens (including phenoxy) is 2. The van der Waals surface area contributed by atoms with Crippen molar-refractivity contribution in [2.45, 2.75) is 69.3 Å². The van der Waals surface area contributed by atoms with E-state index in [-0.39, 0.29) is 35.6 Å². The average molecular weight is 647 g/mol. The van der Waals surface area contributed by atoms with Crippen LogP contribution in [0.3, 0.4) is 0 Å². The van der Waals surface area contributed by atoms with Gasteiger partial charge in [-0.1, -0.05) is 11.3 Å². The number of carbonyl (C=O) groups excluding carboxylic acids is 2. The van der Waals surface area contributed by atoms with E-state index >= 15 is 0 Å². The molecule has 240 valence electrons. The zero-order valence-electron chi connectivity index (χ0n) is 24.7. The van der Waals surface area contributed by atoms with Crippen LogP contribution in [0.2, 0.25) is 0 Å². The molecule has 3 aliphatic carbocycles. The second kappa shape index (κ2) is 11.7. The molecule has 6 atom stereocenters. The average Bonchev–Trinajstić information content (AvgIpc) is 3.80. The number of halogens is 4. The van der Waals surface area contributed by atoms with Gasteiger partial charge in [-0.25, -0.2) is 9.37 Å². The number of aromatic nitrogens is 1. The third-order valence-corrected chi connectivity index (χ3v) is 11.1. The van der Waals surface area contributed by atoms with Crippen LogP contribution in [0.25, 0.3) is 10.2 Å². The predicted octanol–water partition coefficient (Wildman–Crippen LogP) is 6.39. The van der Waals surface area contributed by atoms with E-state index < -0.39 is 35.4 Å². The van der Waals surface area contributed by atoms with Gasteiger partial charge in [0.2, 0.25) is 5.91 Å². The highest BCUT2D eigenvalue weighted by atomic mass is 32.1. The van der Waals surface area contributed by atoms with Crippen molar-refractivity contribution < 1.29 is 36.6 Å². The summed E-state index contributed by atoms with van der Waals surface area (Å²) in [5.74, 6) is -2.53. The molecule has 3 saturated carbocycles. The van der Waals surface area contributed by atoms with Crippen LogP contribution >= 0.6 is 11.3 Å². The van der Waals surface area contributed by atoms with Crippen molar-refractivity contribution in [2.24, 2.45) is 17.8 Å². The number of methoxy groups -OCH3 is 1. The number of anilines is 2. The summed E-state index contributed by atoms with van der Waals surface area (Å²) in [7, 11) is 1.50. The molecule has 0 radical (unpaired) electrons. The van der Waals surface area contributed by atoms with Gasteiger partial charge in [-0.15, -0.1) is 0 Å². The summed E-state index contributed by atoms with van der Waals surface area (Å²) in [6.07, 6.45) is 1.66. The molecule has 8 nitrogen and oxygen atoms in total. The molecule has 13 heteroatoms. The highest BCUT2D eigenvalue weighted by molar-refractivity contribution is 7.22. The maximum atomic E-state index is 14.1. The van der Waals surface area contributed by atoms with Crippen molar-refractivity contribution in [2.75, 3.05) is 30.5 Å². The Bertz CT molecular complexity index is 1630. The van der Waals surface area contributed by atoms with Gasteiger partial charge in [0.05, 0.1) is 41.0 Å². The number of rotatable bonds is 6. The van der Waals surface area contributed by atoms with Crippen LogP contribution in [-0.2, 0) is 15.7 Å². The number of nitrogens with one attached hydrogen (secondary N) is 2. The first-order chi connectivity index (χ1) is 21.6. The minimum Gasteiger partial charge on any atom is -0.496 e. The molecular weight excluding hydrogens is 612 g/mol. The highest BCUT2D eigenvalue weighted by Crippen LogP contribution is 2.49. The summed E-state index contributed by atoms with van der Waals surface area (Å²) in [6.45, 7) is 1.53. The van der Waals surface area contributed by atoms with Crippen molar-refractivity contribution >= 4 is 44.2 Å². The molecule has 3 aromatic rings. The van der Waals surface area contributed by atoms with Crippen LogP contribution in [0.5, 0.6) is 5.75 Å². The van der Waals surface area contributed by atoms with E-state index in [1.54, 1.807) is 6.07 Å². The molecule has 0 unspecified atom stereocenters. The number of benzene rings is 2. The van der Waals surface area contributed by atoms with Crippen LogP contribution in [0.1, 0.15) is 60.9 Å². The Morgan fingerprint density at radius 3 is 2.71 bits per heavy atom. The van der Waals surface area contributed by atoms with Gasteiger partial charge < -0.3 is 25.0 Å². The fourth-order valence-electron chi connectivity index (χ4n) is 7.95. The zero-order valence-corrected chi connectivity index (χ0v) is 25.5. The number of thiazole rings is 1. The lowest BCUT2D eigenvalue weighted by Gasteiger charge is -2.31. The number of amides is 2. The lowest BCUT2D eigenvalue weighted by atomic mass is 9.83. The van der Waals surface area contributed by atoms with Gasteiger partial charge in [-0.05, 0) is 87.1 Å². The molecule has 0 spiro atoms. The number of fused-ring (bicyclic) bond motifs is 4. The van der Waals surface area contributed by atoms with E-state index in [1.807, 2.05) is 6.07 Å². The summed E-state index contributed by atoms with van der Waals surface area (Å²) in [5, 5.41) is 6.52. The molecule has 1 saturated heterocycles. The van der Waals surface area contributed by atoms with Crippen LogP contribution in [0.4, 0.5) is 28.4 Å². The maximum Gasteiger partial charge on any atom is 0.419 e. The van der Waals surface area contributed by atoms with Gasteiger partial charge >= 0.3 is 6.18 Å². The minimum atomic E-state index is -4.90. The van der Waals surface area contributed by atoms with Crippen molar-refractivity contribution in [1.82, 2.24) is 10.3 Å². The van der Waals surface area contributed by atoms with Crippen molar-refractivity contribution in [1.29, 1.82) is 0 Å². The Morgan fingerprint density at radius 1 is 1.09 bits per heavy atom. The van der Waals surface area contributed by atoms with E-state index in [1.165, 1.54) is 18.4 Å². The Kier molecular flexibility index (Phi) is 7.87. The molecule has 45 heavy (non-hydrogen) atoms. The summed E-state index contributed by atoms with van der Waals surface area (Å²) in [6, 6.07) is 5.70. The van der Waals surface area contributed by atoms with Crippen LogP contribution in [0, 0.1) is 23.6 Å². The van der Waals surface area contributed by atoms with Gasteiger partial charge in [0.15, 0.2) is 5.13 Å². The van der Waals surface area contributed by atoms with Gasteiger partial charge in [0.1, 0.15) is 17.1 Å². The molecule has 2 N–H and O–H groups in total. The van der Waals surface area contributed by atoms with Gasteiger partial charge in [-0.3, -0.25) is 9.59 Å². The van der Waals surface area contributed by atoms with Gasteiger partial charge in [0, 0.05) is 24.9 Å². The quantitative estimate of drug-likeness (QED) is 0.302. The summed E-state index contributed by atoms with van der Waals surface area (Å²) >= 11 is 1.45. The minimum absolute atomic E-state index is 0.0276. The van der Waals surface area contributed by atoms with Crippen molar-refractivity contribution in [3.8, 4) is 5.75 Å². The molecular formula is C32H34F4N4O4S. The fraction of sp³-hybridized carbons (Fsp3) is 0.531. The molecule has 4 aliphatic rings. The molecule has 2 bridgehead atoms. The van der Waals surface area contributed by atoms with E-state index in [9.17, 15) is 27.2 Å². The number of hydrogen-bond acceptors (Lipinski definition) is 7. The van der Waals surface area contributed by atoms with Crippen molar-refractivity contribution in [3.05, 3.63) is 47.3 Å². The smallest absolute Gasteiger partial charge is 0.419 e. The second-order valence-electron chi connectivity index (χ2n) is 12.5. The maximum absolute atomic E-state index is 14.1. The van der Waals surface area contributed by atoms with Crippen LogP contribution in [-0.4, -0.2) is 55.2 Å². The molecule has 2 heterocycles. The van der Waals surface area contributed by atoms with Gasteiger partial charge in [0.25, 0.3) is 5.91 Å². The molecule has 4 fully saturated rings. The summed E-state index contributed by atoms with van der Waals surface area (Å²) in [5.41, 5.74) is -0.560. The van der Waals surface area contributed by atoms with E-state index in [2.05, 4.69) is 15.5 Å². The van der Waals surface area contributed by atoms with Gasteiger partial charge in [-0.2, -0.15) is 13.2 Å². The topological polar surface area (TPSA) is 92.8 Å². The number of alkyl halides is 3. The largest absolute Gasteiger partial charge is 0.496 e.